The molecule has 14 heteroatoms. The van der Waals surface area contributed by atoms with E-state index in [1.54, 1.807) is 27.7 Å². The zero-order valence-electron chi connectivity index (χ0n) is 22.4. The SMILES string of the molecule is Cc1c(C(=O)NC[C@H]2CCCO2)nn(-c2cccc(F)c2)c1Oc1ccc([N+](=O)[O-])cc1S(=O)(=O)NC(C)(C)C. The summed E-state index contributed by atoms with van der Waals surface area (Å²) in [6.07, 6.45) is 1.59. The number of amides is 1. The summed E-state index contributed by atoms with van der Waals surface area (Å²) in [5.41, 5.74) is -0.966. The number of carbonyl (C=O) groups excluding carboxylic acids is 1. The molecular formula is C26H30FN5O7S. The molecule has 0 aliphatic carbocycles. The minimum atomic E-state index is -4.31. The average Bonchev–Trinajstić information content (AvgIpc) is 3.49. The molecule has 1 amide bonds. The van der Waals surface area contributed by atoms with Crippen LogP contribution in [0.2, 0.25) is 0 Å². The Morgan fingerprint density at radius 3 is 2.65 bits per heavy atom. The minimum absolute atomic E-state index is 0.0311. The highest BCUT2D eigenvalue weighted by Crippen LogP contribution is 2.36. The number of nitrogens with one attached hydrogen (secondary N) is 2. The Kier molecular flexibility index (Phi) is 8.23. The first-order chi connectivity index (χ1) is 18.7. The molecule has 0 unspecified atom stereocenters. The van der Waals surface area contributed by atoms with Crippen LogP contribution >= 0.6 is 0 Å². The van der Waals surface area contributed by atoms with Gasteiger partial charge in [0.15, 0.2) is 5.69 Å². The van der Waals surface area contributed by atoms with E-state index in [1.165, 1.54) is 28.9 Å². The van der Waals surface area contributed by atoms with E-state index in [4.69, 9.17) is 9.47 Å². The predicted molar refractivity (Wildman–Crippen MR) is 143 cm³/mol. The van der Waals surface area contributed by atoms with Gasteiger partial charge in [0.1, 0.15) is 16.5 Å². The summed E-state index contributed by atoms with van der Waals surface area (Å²) >= 11 is 0. The van der Waals surface area contributed by atoms with Crippen molar-refractivity contribution in [1.82, 2.24) is 19.8 Å². The number of rotatable bonds is 9. The Bertz CT molecular complexity index is 1540. The molecule has 2 N–H and O–H groups in total. The number of carbonyl (C=O) groups is 1. The topological polar surface area (TPSA) is 155 Å². The first kappa shape index (κ1) is 29.1. The molecule has 3 aromatic rings. The predicted octanol–water partition coefficient (Wildman–Crippen LogP) is 4.01. The number of non-ortho nitro benzene ring substituents is 1. The van der Waals surface area contributed by atoms with Crippen molar-refractivity contribution in [2.45, 2.75) is 57.1 Å². The molecule has 1 fully saturated rings. The van der Waals surface area contributed by atoms with E-state index in [0.29, 0.717) is 6.61 Å². The lowest BCUT2D eigenvalue weighted by atomic mass is 10.1. The van der Waals surface area contributed by atoms with E-state index in [1.807, 2.05) is 0 Å². The van der Waals surface area contributed by atoms with Crippen LogP contribution in [0.3, 0.4) is 0 Å². The standard InChI is InChI=1S/C26H30FN5O7S/c1-16-23(24(33)28-15-20-9-6-12-38-20)29-31(18-8-5-7-17(27)13-18)25(16)39-21-11-10-19(32(34)35)14-22(21)40(36,37)30-26(2,3)4/h5,7-8,10-11,13-14,20,30H,6,9,12,15H2,1-4H3,(H,28,33)/t20-/m1/s1. The van der Waals surface area contributed by atoms with Crippen molar-refractivity contribution in [1.29, 1.82) is 0 Å². The summed E-state index contributed by atoms with van der Waals surface area (Å²) in [4.78, 5) is 23.3. The van der Waals surface area contributed by atoms with Crippen molar-refractivity contribution in [2.75, 3.05) is 13.2 Å². The maximum absolute atomic E-state index is 14.1. The van der Waals surface area contributed by atoms with Gasteiger partial charge in [-0.15, -0.1) is 0 Å². The van der Waals surface area contributed by atoms with Crippen LogP contribution in [-0.4, -0.2) is 53.8 Å². The van der Waals surface area contributed by atoms with Gasteiger partial charge < -0.3 is 14.8 Å². The first-order valence-corrected chi connectivity index (χ1v) is 14.0. The van der Waals surface area contributed by atoms with Crippen LogP contribution < -0.4 is 14.8 Å². The number of nitro groups is 1. The van der Waals surface area contributed by atoms with Gasteiger partial charge >= 0.3 is 0 Å². The number of ether oxygens (including phenoxy) is 2. The Morgan fingerprint density at radius 2 is 2.02 bits per heavy atom. The molecule has 1 aromatic heterocycles. The molecule has 1 saturated heterocycles. The summed E-state index contributed by atoms with van der Waals surface area (Å²) in [5.74, 6) is -1.43. The molecule has 1 aliphatic heterocycles. The van der Waals surface area contributed by atoms with Crippen molar-refractivity contribution in [3.05, 3.63) is 69.7 Å². The molecule has 0 bridgehead atoms. The maximum Gasteiger partial charge on any atom is 0.272 e. The number of halogens is 1. The lowest BCUT2D eigenvalue weighted by Gasteiger charge is -2.21. The van der Waals surface area contributed by atoms with Crippen LogP contribution in [0.1, 0.15) is 49.7 Å². The Hall–Kier alpha value is -3.88. The number of nitro benzene ring substituents is 1. The summed E-state index contributed by atoms with van der Waals surface area (Å²) in [5, 5.41) is 18.6. The third-order valence-corrected chi connectivity index (χ3v) is 7.70. The fraction of sp³-hybridized carbons (Fsp3) is 0.385. The summed E-state index contributed by atoms with van der Waals surface area (Å²) < 4.78 is 55.9. The molecule has 0 spiro atoms. The number of hydrogen-bond donors (Lipinski definition) is 2. The Morgan fingerprint density at radius 1 is 1.27 bits per heavy atom. The molecule has 1 aliphatic rings. The van der Waals surface area contributed by atoms with Crippen LogP contribution in [0.15, 0.2) is 47.4 Å². The normalized spacial score (nSPS) is 15.7. The smallest absolute Gasteiger partial charge is 0.272 e. The fourth-order valence-electron chi connectivity index (χ4n) is 4.16. The monoisotopic (exact) mass is 575 g/mol. The minimum Gasteiger partial charge on any atom is -0.437 e. The second-order valence-electron chi connectivity index (χ2n) is 10.4. The Balaban J connectivity index is 1.80. The molecule has 0 radical (unpaired) electrons. The quantitative estimate of drug-likeness (QED) is 0.287. The van der Waals surface area contributed by atoms with Crippen LogP contribution in [0.25, 0.3) is 5.69 Å². The van der Waals surface area contributed by atoms with Gasteiger partial charge in [0.2, 0.25) is 15.9 Å². The molecule has 40 heavy (non-hydrogen) atoms. The highest BCUT2D eigenvalue weighted by molar-refractivity contribution is 7.89. The fourth-order valence-corrected chi connectivity index (χ4v) is 5.73. The van der Waals surface area contributed by atoms with Crippen molar-refractivity contribution in [2.24, 2.45) is 0 Å². The highest BCUT2D eigenvalue weighted by Gasteiger charge is 2.30. The summed E-state index contributed by atoms with van der Waals surface area (Å²) in [7, 11) is -4.31. The van der Waals surface area contributed by atoms with Gasteiger partial charge in [-0.1, -0.05) is 6.07 Å². The van der Waals surface area contributed by atoms with Gasteiger partial charge in [0.05, 0.1) is 16.7 Å². The van der Waals surface area contributed by atoms with E-state index in [2.05, 4.69) is 15.1 Å². The first-order valence-electron chi connectivity index (χ1n) is 12.5. The summed E-state index contributed by atoms with van der Waals surface area (Å²) in [6.45, 7) is 7.29. The van der Waals surface area contributed by atoms with Gasteiger partial charge in [0.25, 0.3) is 11.6 Å². The van der Waals surface area contributed by atoms with Gasteiger partial charge in [-0.2, -0.15) is 9.78 Å². The van der Waals surface area contributed by atoms with Crippen molar-refractivity contribution < 1.29 is 32.0 Å². The highest BCUT2D eigenvalue weighted by atomic mass is 32.2. The van der Waals surface area contributed by atoms with Gasteiger partial charge in [-0.3, -0.25) is 14.9 Å². The number of aromatic nitrogens is 2. The molecule has 4 rings (SSSR count). The number of benzene rings is 2. The van der Waals surface area contributed by atoms with Crippen LogP contribution in [-0.2, 0) is 14.8 Å². The third-order valence-electron chi connectivity index (χ3n) is 5.93. The van der Waals surface area contributed by atoms with Crippen molar-refractivity contribution >= 4 is 21.6 Å². The lowest BCUT2D eigenvalue weighted by Crippen LogP contribution is -2.40. The zero-order valence-corrected chi connectivity index (χ0v) is 23.2. The van der Waals surface area contributed by atoms with Crippen LogP contribution in [0, 0.1) is 22.9 Å². The average molecular weight is 576 g/mol. The Labute approximate surface area is 230 Å². The van der Waals surface area contributed by atoms with Gasteiger partial charge in [0, 0.05) is 36.4 Å². The third kappa shape index (κ3) is 6.63. The molecule has 2 heterocycles. The second kappa shape index (κ2) is 11.3. The number of sulfonamides is 1. The van der Waals surface area contributed by atoms with Crippen molar-refractivity contribution in [3.8, 4) is 17.3 Å². The number of nitrogens with zero attached hydrogens (tertiary/aromatic N) is 3. The van der Waals surface area contributed by atoms with Crippen molar-refractivity contribution in [3.63, 3.8) is 0 Å². The molecule has 1 atom stereocenters. The van der Waals surface area contributed by atoms with E-state index in [0.717, 1.165) is 31.0 Å². The van der Waals surface area contributed by atoms with E-state index >= 15 is 0 Å². The molecule has 214 valence electrons. The maximum atomic E-state index is 14.1. The van der Waals surface area contributed by atoms with Gasteiger partial charge in [-0.25, -0.2) is 17.5 Å². The molecule has 12 nitrogen and oxygen atoms in total. The largest absolute Gasteiger partial charge is 0.437 e. The van der Waals surface area contributed by atoms with E-state index in [9.17, 15) is 27.7 Å². The van der Waals surface area contributed by atoms with E-state index in [-0.39, 0.29) is 41.2 Å². The van der Waals surface area contributed by atoms with Crippen LogP contribution in [0.5, 0.6) is 11.6 Å². The molecule has 0 saturated carbocycles. The number of hydrogen-bond acceptors (Lipinski definition) is 8. The van der Waals surface area contributed by atoms with Crippen LogP contribution in [0.4, 0.5) is 10.1 Å². The second-order valence-corrected chi connectivity index (χ2v) is 12.0. The summed E-state index contributed by atoms with van der Waals surface area (Å²) in [6, 6.07) is 8.50. The van der Waals surface area contributed by atoms with E-state index < -0.39 is 42.8 Å². The lowest BCUT2D eigenvalue weighted by molar-refractivity contribution is -0.385. The molecule has 2 aromatic carbocycles. The molecular weight excluding hydrogens is 545 g/mol. The zero-order chi connectivity index (χ0) is 29.2. The van der Waals surface area contributed by atoms with Gasteiger partial charge in [-0.05, 0) is 64.8 Å².